The van der Waals surface area contributed by atoms with Crippen molar-refractivity contribution in [1.29, 1.82) is 0 Å². The van der Waals surface area contributed by atoms with Crippen LogP contribution in [0.5, 0.6) is 0 Å². The highest BCUT2D eigenvalue weighted by atomic mass is 35.5. The summed E-state index contributed by atoms with van der Waals surface area (Å²) in [5.41, 5.74) is 1.86. The number of Topliss-reactive ketones (excluding diaryl/α,β-unsaturated/α-hetero) is 1. The van der Waals surface area contributed by atoms with Crippen LogP contribution in [0, 0.1) is 0 Å². The molecule has 0 N–H and O–H groups in total. The fraction of sp³-hybridized carbons (Fsp3) is 0.278. The number of halogens is 2. The minimum Gasteiger partial charge on any atom is -0.293 e. The Balaban J connectivity index is 1.64. The molecule has 0 radical (unpaired) electrons. The number of hydrogen-bond acceptors (Lipinski definition) is 3. The minimum absolute atomic E-state index is 0.0905. The topological polar surface area (TPSA) is 17.1 Å². The number of carbonyl (C=O) groups excluding carboxylic acids is 1. The first kappa shape index (κ1) is 17.2. The lowest BCUT2D eigenvalue weighted by Gasteiger charge is -2.17. The Morgan fingerprint density at radius 2 is 1.57 bits per heavy atom. The van der Waals surface area contributed by atoms with Crippen LogP contribution < -0.4 is 0 Å². The maximum Gasteiger partial charge on any atom is 0.178 e. The van der Waals surface area contributed by atoms with Gasteiger partial charge >= 0.3 is 0 Å². The molecule has 0 saturated heterocycles. The molecule has 1 nitrogen and oxygen atoms in total. The first-order valence-corrected chi connectivity index (χ1v) is 9.64. The normalized spacial score (nSPS) is 16.8. The Kier molecular flexibility index (Phi) is 5.32. The van der Waals surface area contributed by atoms with E-state index < -0.39 is 0 Å². The first-order valence-electron chi connectivity index (χ1n) is 7.38. The lowest BCUT2D eigenvalue weighted by atomic mass is 10.1. The van der Waals surface area contributed by atoms with E-state index in [9.17, 15) is 4.79 Å². The largest absolute Gasteiger partial charge is 0.293 e. The van der Waals surface area contributed by atoms with Crippen LogP contribution >= 0.6 is 47.6 Å². The van der Waals surface area contributed by atoms with Gasteiger partial charge in [-0.15, -0.1) is 11.8 Å². The SMILES string of the molecule is O=C(c1ccc(Cl)cc1)C1(SCC(S)c2ccc(Cl)cc2)CC1. The molecular weight excluding hydrogens is 367 g/mol. The molecule has 1 aliphatic rings. The summed E-state index contributed by atoms with van der Waals surface area (Å²) in [6.07, 6.45) is 1.86. The third-order valence-corrected chi connectivity index (χ3v) is 6.87. The van der Waals surface area contributed by atoms with E-state index >= 15 is 0 Å². The summed E-state index contributed by atoms with van der Waals surface area (Å²) in [6, 6.07) is 14.9. The van der Waals surface area contributed by atoms with Gasteiger partial charge < -0.3 is 0 Å². The Bertz CT molecular complexity index is 694. The van der Waals surface area contributed by atoms with Crippen molar-refractivity contribution in [3.8, 4) is 0 Å². The van der Waals surface area contributed by atoms with Crippen LogP contribution in [0.4, 0.5) is 0 Å². The summed E-state index contributed by atoms with van der Waals surface area (Å²) in [5.74, 6) is 1.00. The van der Waals surface area contributed by atoms with Gasteiger partial charge in [-0.1, -0.05) is 35.3 Å². The van der Waals surface area contributed by atoms with E-state index in [1.807, 2.05) is 36.4 Å². The molecule has 2 aromatic rings. The molecule has 0 amide bonds. The van der Waals surface area contributed by atoms with Crippen LogP contribution in [-0.4, -0.2) is 16.3 Å². The fourth-order valence-corrected chi connectivity index (χ4v) is 4.39. The highest BCUT2D eigenvalue weighted by Gasteiger charge is 2.50. The Hall–Kier alpha value is -0.610. The van der Waals surface area contributed by atoms with Crippen LogP contribution in [0.3, 0.4) is 0 Å². The molecule has 0 heterocycles. The predicted octanol–water partition coefficient (Wildman–Crippen LogP) is 6.11. The summed E-state index contributed by atoms with van der Waals surface area (Å²) in [5, 5.41) is 1.46. The van der Waals surface area contributed by atoms with Crippen molar-refractivity contribution in [1.82, 2.24) is 0 Å². The zero-order valence-corrected chi connectivity index (χ0v) is 15.6. The van der Waals surface area contributed by atoms with Crippen molar-refractivity contribution in [2.75, 3.05) is 5.75 Å². The van der Waals surface area contributed by atoms with Gasteiger partial charge in [-0.05, 0) is 54.8 Å². The average molecular weight is 383 g/mol. The van der Waals surface area contributed by atoms with Gasteiger partial charge in [0.2, 0.25) is 0 Å². The first-order chi connectivity index (χ1) is 11.0. The molecule has 1 aliphatic carbocycles. The Morgan fingerprint density at radius 3 is 2.09 bits per heavy atom. The maximum absolute atomic E-state index is 12.7. The Morgan fingerprint density at radius 1 is 1.04 bits per heavy atom. The van der Waals surface area contributed by atoms with Gasteiger partial charge in [-0.25, -0.2) is 0 Å². The second-order valence-corrected chi connectivity index (χ2v) is 8.61. The molecule has 1 unspecified atom stereocenters. The number of carbonyl (C=O) groups is 1. The lowest BCUT2D eigenvalue weighted by molar-refractivity contribution is 0.0981. The van der Waals surface area contributed by atoms with Crippen LogP contribution in [-0.2, 0) is 0 Å². The number of benzene rings is 2. The molecule has 0 bridgehead atoms. The monoisotopic (exact) mass is 382 g/mol. The van der Waals surface area contributed by atoms with Gasteiger partial charge in [0.15, 0.2) is 5.78 Å². The van der Waals surface area contributed by atoms with Crippen molar-refractivity contribution >= 4 is 53.4 Å². The summed E-state index contributed by atoms with van der Waals surface area (Å²) in [4.78, 5) is 12.7. The smallest absolute Gasteiger partial charge is 0.178 e. The number of rotatable bonds is 6. The quantitative estimate of drug-likeness (QED) is 0.479. The molecule has 1 saturated carbocycles. The molecule has 0 aliphatic heterocycles. The fourth-order valence-electron chi connectivity index (χ4n) is 2.43. The van der Waals surface area contributed by atoms with Gasteiger partial charge in [-0.2, -0.15) is 12.6 Å². The highest BCUT2D eigenvalue weighted by molar-refractivity contribution is 8.02. The predicted molar refractivity (Wildman–Crippen MR) is 103 cm³/mol. The third kappa shape index (κ3) is 4.08. The van der Waals surface area contributed by atoms with E-state index in [2.05, 4.69) is 12.6 Å². The molecule has 1 fully saturated rings. The zero-order chi connectivity index (χ0) is 16.4. The average Bonchev–Trinajstić information content (AvgIpc) is 3.34. The molecule has 0 spiro atoms. The second kappa shape index (κ2) is 7.10. The molecule has 5 heteroatoms. The van der Waals surface area contributed by atoms with Crippen LogP contribution in [0.25, 0.3) is 0 Å². The van der Waals surface area contributed by atoms with Crippen molar-refractivity contribution < 1.29 is 4.79 Å². The number of hydrogen-bond donors (Lipinski definition) is 1. The van der Waals surface area contributed by atoms with Crippen molar-refractivity contribution in [3.63, 3.8) is 0 Å². The van der Waals surface area contributed by atoms with Gasteiger partial charge in [0.1, 0.15) is 0 Å². The minimum atomic E-state index is -0.277. The van der Waals surface area contributed by atoms with E-state index in [0.29, 0.717) is 5.02 Å². The van der Waals surface area contributed by atoms with Crippen molar-refractivity contribution in [2.45, 2.75) is 22.8 Å². The van der Waals surface area contributed by atoms with E-state index in [4.69, 9.17) is 23.2 Å². The van der Waals surface area contributed by atoms with Crippen LogP contribution in [0.2, 0.25) is 10.0 Å². The molecular formula is C18H16Cl2OS2. The highest BCUT2D eigenvalue weighted by Crippen LogP contribution is 2.52. The number of thioether (sulfide) groups is 1. The van der Waals surface area contributed by atoms with Crippen LogP contribution in [0.15, 0.2) is 48.5 Å². The Labute approximate surface area is 156 Å². The molecule has 2 aromatic carbocycles. The summed E-state index contributed by atoms with van der Waals surface area (Å²) in [7, 11) is 0. The second-order valence-electron chi connectivity index (χ2n) is 5.71. The standard InChI is InChI=1S/C18H16Cl2OS2/c19-14-5-1-12(2-6-14)16(22)11-23-18(9-10-18)17(21)13-3-7-15(20)8-4-13/h1-8,16,22H,9-11H2. The van der Waals surface area contributed by atoms with Gasteiger partial charge in [-0.3, -0.25) is 4.79 Å². The van der Waals surface area contributed by atoms with E-state index in [0.717, 1.165) is 34.7 Å². The van der Waals surface area contributed by atoms with E-state index in [1.54, 1.807) is 23.9 Å². The van der Waals surface area contributed by atoms with E-state index in [1.165, 1.54) is 0 Å². The molecule has 1 atom stereocenters. The molecule has 3 rings (SSSR count). The van der Waals surface area contributed by atoms with Gasteiger partial charge in [0.25, 0.3) is 0 Å². The zero-order valence-electron chi connectivity index (χ0n) is 12.3. The number of thiol groups is 1. The maximum atomic E-state index is 12.7. The third-order valence-electron chi connectivity index (χ3n) is 4.00. The summed E-state index contributed by atoms with van der Waals surface area (Å²) < 4.78 is -0.277. The summed E-state index contributed by atoms with van der Waals surface area (Å²) >= 11 is 18.2. The lowest BCUT2D eigenvalue weighted by Crippen LogP contribution is -2.20. The van der Waals surface area contributed by atoms with Gasteiger partial charge in [0, 0.05) is 26.6 Å². The van der Waals surface area contributed by atoms with Crippen molar-refractivity contribution in [3.05, 3.63) is 69.7 Å². The molecule has 120 valence electrons. The summed E-state index contributed by atoms with van der Waals surface area (Å²) in [6.45, 7) is 0. The molecule has 0 aromatic heterocycles. The van der Waals surface area contributed by atoms with Gasteiger partial charge in [0.05, 0.1) is 4.75 Å². The van der Waals surface area contributed by atoms with Crippen molar-refractivity contribution in [2.24, 2.45) is 0 Å². The number of ketones is 1. The van der Waals surface area contributed by atoms with Crippen LogP contribution in [0.1, 0.15) is 34.0 Å². The molecule has 23 heavy (non-hydrogen) atoms. The van der Waals surface area contributed by atoms with E-state index in [-0.39, 0.29) is 15.8 Å².